The minimum atomic E-state index is -1.02. The van der Waals surface area contributed by atoms with Crippen LogP contribution in [-0.2, 0) is 40.9 Å². The zero-order valence-electron chi connectivity index (χ0n) is 40.1. The number of aromatic carboxylic acids is 1. The molecule has 3 aromatic heterocycles. The predicted octanol–water partition coefficient (Wildman–Crippen LogP) is 6.02. The average Bonchev–Trinajstić information content (AvgIpc) is 3.92. The topological polar surface area (TPSA) is 195 Å². The van der Waals surface area contributed by atoms with Crippen molar-refractivity contribution in [1.82, 2.24) is 44.3 Å². The summed E-state index contributed by atoms with van der Waals surface area (Å²) in [6.45, 7) is 11.0. The van der Waals surface area contributed by atoms with E-state index in [0.717, 1.165) is 55.3 Å². The van der Waals surface area contributed by atoms with Crippen LogP contribution in [0.25, 0.3) is 43.8 Å². The van der Waals surface area contributed by atoms with Gasteiger partial charge in [0.2, 0.25) is 17.7 Å². The first-order valence-electron chi connectivity index (χ1n) is 23.5. The van der Waals surface area contributed by atoms with E-state index >= 15 is 0 Å². The van der Waals surface area contributed by atoms with E-state index in [9.17, 15) is 33.5 Å². The zero-order chi connectivity index (χ0) is 49.5. The number of halogens is 1. The number of piperazine rings is 1. The second kappa shape index (κ2) is 19.4. The van der Waals surface area contributed by atoms with Crippen molar-refractivity contribution in [3.05, 3.63) is 106 Å². The zero-order valence-corrected chi connectivity index (χ0v) is 40.1. The highest BCUT2D eigenvalue weighted by atomic mass is 19.1. The summed E-state index contributed by atoms with van der Waals surface area (Å²) in [5.41, 5.74) is 7.58. The van der Waals surface area contributed by atoms with Gasteiger partial charge >= 0.3 is 5.97 Å². The molecule has 7 aromatic rings. The molecule has 5 heterocycles. The maximum atomic E-state index is 14.0. The number of aryl methyl sites for hydroxylation is 5. The van der Waals surface area contributed by atoms with Crippen molar-refractivity contribution in [2.24, 2.45) is 7.05 Å². The van der Waals surface area contributed by atoms with Crippen LogP contribution in [0, 0.1) is 33.5 Å². The third-order valence-corrected chi connectivity index (χ3v) is 13.8. The van der Waals surface area contributed by atoms with Crippen LogP contribution in [0.4, 0.5) is 4.39 Å². The third-order valence-electron chi connectivity index (χ3n) is 13.8. The van der Waals surface area contributed by atoms with Gasteiger partial charge < -0.3 is 33.9 Å². The molecule has 3 N–H and O–H groups in total. The Bertz CT molecular complexity index is 3250. The number of fused-ring (bicyclic) bond motifs is 3. The number of piperidine rings is 1. The highest BCUT2D eigenvalue weighted by Gasteiger charge is 2.31. The number of hydrogen-bond acceptors (Lipinski definition) is 10. The summed E-state index contributed by atoms with van der Waals surface area (Å²) in [5, 5.41) is 23.1. The number of imidazole rings is 1. The monoisotopic (exact) mass is 953 g/mol. The van der Waals surface area contributed by atoms with E-state index in [1.165, 1.54) is 25.3 Å². The molecule has 0 aliphatic carbocycles. The molecule has 0 spiro atoms. The molecule has 0 saturated carbocycles. The van der Waals surface area contributed by atoms with Gasteiger partial charge in [0, 0.05) is 86.4 Å². The van der Waals surface area contributed by atoms with Crippen molar-refractivity contribution in [2.75, 3.05) is 46.4 Å². The van der Waals surface area contributed by atoms with Crippen molar-refractivity contribution < 1.29 is 42.9 Å². The molecule has 9 rings (SSSR count). The lowest BCUT2D eigenvalue weighted by Gasteiger charge is -2.35. The molecule has 2 aliphatic rings. The number of carbonyl (C=O) groups is 5. The van der Waals surface area contributed by atoms with Crippen LogP contribution < -0.4 is 20.1 Å². The number of hydrogen-bond donors (Lipinski definition) is 3. The molecule has 0 bridgehead atoms. The molecule has 1 atom stereocenters. The number of carboxylic acids is 1. The molecule has 4 amide bonds. The molecule has 1 unspecified atom stereocenters. The molecular formula is C52H56FN9O8. The normalized spacial score (nSPS) is 15.5. The Labute approximate surface area is 403 Å². The van der Waals surface area contributed by atoms with E-state index in [1.54, 1.807) is 28.5 Å². The van der Waals surface area contributed by atoms with Gasteiger partial charge in [-0.3, -0.25) is 34.1 Å². The SMILES string of the molecule is COc1cc(C(=O)NC2CCC(=O)NC2=O)c2nc(C)n(CC(=O)N3CCN(CCn4c(C(=O)O)c(CCCOc5cccc6cc(F)ccc56)c5ccc(C)c(-c6c(C)nn(C)c6C)c54)CC3)c2c1. The van der Waals surface area contributed by atoms with Crippen molar-refractivity contribution in [3.8, 4) is 22.6 Å². The number of ether oxygens (including phenoxy) is 2. The Hall–Kier alpha value is -7.60. The van der Waals surface area contributed by atoms with Crippen LogP contribution in [0.3, 0.4) is 0 Å². The van der Waals surface area contributed by atoms with Gasteiger partial charge in [0.25, 0.3) is 5.91 Å². The van der Waals surface area contributed by atoms with Crippen molar-refractivity contribution >= 4 is 62.3 Å². The first-order valence-corrected chi connectivity index (χ1v) is 23.5. The molecule has 18 heteroatoms. The molecule has 364 valence electrons. The lowest BCUT2D eigenvalue weighted by atomic mass is 9.94. The van der Waals surface area contributed by atoms with Crippen LogP contribution in [0.1, 0.15) is 68.4 Å². The molecule has 4 aromatic carbocycles. The number of carbonyl (C=O) groups excluding carboxylic acids is 4. The minimum absolute atomic E-state index is 0.0356. The lowest BCUT2D eigenvalue weighted by Crippen LogP contribution is -2.52. The average molecular weight is 954 g/mol. The largest absolute Gasteiger partial charge is 0.497 e. The fourth-order valence-electron chi connectivity index (χ4n) is 10.1. The Morgan fingerprint density at radius 1 is 0.929 bits per heavy atom. The van der Waals surface area contributed by atoms with Crippen LogP contribution >= 0.6 is 0 Å². The summed E-state index contributed by atoms with van der Waals surface area (Å²) < 4.78 is 31.3. The summed E-state index contributed by atoms with van der Waals surface area (Å²) in [5.74, 6) is -1.47. The predicted molar refractivity (Wildman–Crippen MR) is 261 cm³/mol. The Balaban J connectivity index is 0.928. The molecule has 70 heavy (non-hydrogen) atoms. The molecule has 2 fully saturated rings. The van der Waals surface area contributed by atoms with Gasteiger partial charge in [-0.1, -0.05) is 24.3 Å². The number of carboxylic acid groups (broad SMARTS) is 1. The summed E-state index contributed by atoms with van der Waals surface area (Å²) in [6, 6.07) is 16.6. The van der Waals surface area contributed by atoms with E-state index in [4.69, 9.17) is 14.6 Å². The second-order valence-corrected chi connectivity index (χ2v) is 18.2. The van der Waals surface area contributed by atoms with Crippen LogP contribution in [0.5, 0.6) is 11.5 Å². The van der Waals surface area contributed by atoms with Crippen molar-refractivity contribution in [1.29, 1.82) is 0 Å². The van der Waals surface area contributed by atoms with E-state index in [-0.39, 0.29) is 48.3 Å². The standard InChI is InChI=1S/C52H56FN9O8/c1-29-12-14-38-37(10-8-24-70-42-11-7-9-33-25-34(53)13-15-36(33)42)49(52(67)68)61(48(38)45(29)46-30(2)57-58(5)31(46)3)23-20-59-18-21-60(22-19-59)44(64)28-62-32(4)54-47-39(26-35(69-6)27-41(47)62)50(65)55-40-16-17-43(63)56-51(40)66/h7,9,11-15,25-27,40H,8,10,16-24,28H2,1-6H3,(H,55,65)(H,67,68)(H,56,63,66). The molecular weight excluding hydrogens is 898 g/mol. The second-order valence-electron chi connectivity index (χ2n) is 18.2. The quantitative estimate of drug-likeness (QED) is 0.0804. The number of aromatic nitrogens is 5. The van der Waals surface area contributed by atoms with Crippen LogP contribution in [-0.4, -0.2) is 121 Å². The van der Waals surface area contributed by atoms with Crippen molar-refractivity contribution in [3.63, 3.8) is 0 Å². The van der Waals surface area contributed by atoms with Gasteiger partial charge in [-0.05, 0) is 93.8 Å². The molecule has 2 saturated heterocycles. The van der Waals surface area contributed by atoms with E-state index in [0.29, 0.717) is 87.1 Å². The number of benzene rings is 4. The smallest absolute Gasteiger partial charge is 0.352 e. The molecule has 2 aliphatic heterocycles. The minimum Gasteiger partial charge on any atom is -0.497 e. The lowest BCUT2D eigenvalue weighted by molar-refractivity contribution is -0.135. The van der Waals surface area contributed by atoms with Gasteiger partial charge in [-0.15, -0.1) is 0 Å². The van der Waals surface area contributed by atoms with Gasteiger partial charge in [0.15, 0.2) is 0 Å². The fourth-order valence-corrected chi connectivity index (χ4v) is 10.1. The number of methoxy groups -OCH3 is 1. The first kappa shape index (κ1) is 47.5. The van der Waals surface area contributed by atoms with Gasteiger partial charge in [0.1, 0.15) is 46.9 Å². The fraction of sp³-hybridized carbons (Fsp3) is 0.365. The highest BCUT2D eigenvalue weighted by Crippen LogP contribution is 2.40. The summed E-state index contributed by atoms with van der Waals surface area (Å²) in [4.78, 5) is 73.9. The van der Waals surface area contributed by atoms with Gasteiger partial charge in [-0.2, -0.15) is 5.10 Å². The summed E-state index contributed by atoms with van der Waals surface area (Å²) in [6.07, 6.45) is 1.25. The number of rotatable bonds is 15. The Kier molecular flexibility index (Phi) is 13.2. The maximum absolute atomic E-state index is 14.0. The van der Waals surface area contributed by atoms with E-state index in [1.807, 2.05) is 61.3 Å². The highest BCUT2D eigenvalue weighted by molar-refractivity contribution is 6.09. The Morgan fingerprint density at radius 3 is 2.41 bits per heavy atom. The first-order chi connectivity index (χ1) is 33.6. The van der Waals surface area contributed by atoms with Crippen molar-refractivity contribution in [2.45, 2.75) is 72.5 Å². The number of nitrogens with zero attached hydrogens (tertiary/aromatic N) is 7. The number of amides is 4. The van der Waals surface area contributed by atoms with E-state index in [2.05, 4.69) is 26.6 Å². The number of imide groups is 1. The van der Waals surface area contributed by atoms with E-state index < -0.39 is 23.8 Å². The van der Waals surface area contributed by atoms with Gasteiger partial charge in [-0.25, -0.2) is 14.2 Å². The summed E-state index contributed by atoms with van der Waals surface area (Å²) in [7, 11) is 3.38. The molecule has 17 nitrogen and oxygen atoms in total. The molecule has 0 radical (unpaired) electrons. The maximum Gasteiger partial charge on any atom is 0.352 e. The Morgan fingerprint density at radius 2 is 1.70 bits per heavy atom. The van der Waals surface area contributed by atoms with Crippen LogP contribution in [0.15, 0.2) is 60.7 Å². The summed E-state index contributed by atoms with van der Waals surface area (Å²) >= 11 is 0. The van der Waals surface area contributed by atoms with Gasteiger partial charge in [0.05, 0.1) is 36.0 Å². The number of nitrogens with one attached hydrogen (secondary N) is 2. The van der Waals surface area contributed by atoms with Crippen LogP contribution in [0.2, 0.25) is 0 Å². The third kappa shape index (κ3) is 9.06.